The smallest absolute Gasteiger partial charge is 1.00 e. The van der Waals surface area contributed by atoms with Crippen LogP contribution < -0.4 is 24.8 Å². The summed E-state index contributed by atoms with van der Waals surface area (Å²) < 4.78 is 0. The molecule has 30 heavy (non-hydrogen) atoms. The Morgan fingerprint density at radius 3 is 1.67 bits per heavy atom. The van der Waals surface area contributed by atoms with Crippen molar-refractivity contribution >= 4 is 39.3 Å². The molecule has 6 rings (SSSR count). The SMILES string of the molecule is [Cl-].[Cl-].[Zr+4].c1cc[cH-]c1.c1ccc2[cH-]c(-p3c4ccccc4c4ccccc43)cc2c1. The van der Waals surface area contributed by atoms with Crippen molar-refractivity contribution in [2.24, 2.45) is 0 Å². The second kappa shape index (κ2) is 11.1. The Bertz CT molecular complexity index is 1230. The quantitative estimate of drug-likeness (QED) is 0.290. The molecule has 146 valence electrons. The Hall–Kier alpha value is -1.62. The summed E-state index contributed by atoms with van der Waals surface area (Å²) in [6, 6.07) is 41.2. The van der Waals surface area contributed by atoms with E-state index in [1.807, 2.05) is 30.3 Å². The van der Waals surface area contributed by atoms with Crippen LogP contribution in [0.15, 0.2) is 115 Å². The van der Waals surface area contributed by atoms with E-state index in [4.69, 9.17) is 0 Å². The second-order valence-corrected chi connectivity index (χ2v) is 8.83. The maximum Gasteiger partial charge on any atom is 4.00 e. The van der Waals surface area contributed by atoms with Gasteiger partial charge in [0, 0.05) is 10.2 Å². The van der Waals surface area contributed by atoms with E-state index in [0.717, 1.165) is 0 Å². The maximum atomic E-state index is 2.37. The molecule has 0 unspecified atom stereocenters. The van der Waals surface area contributed by atoms with E-state index in [9.17, 15) is 0 Å². The monoisotopic (exact) mass is 522 g/mol. The number of hydrogen-bond acceptors (Lipinski definition) is 0. The average molecular weight is 525 g/mol. The molecule has 0 aliphatic heterocycles. The summed E-state index contributed by atoms with van der Waals surface area (Å²) in [5, 5.41) is 9.98. The van der Waals surface area contributed by atoms with Crippen molar-refractivity contribution in [3.8, 4) is 5.30 Å². The Morgan fingerprint density at radius 1 is 0.600 bits per heavy atom. The van der Waals surface area contributed by atoms with Crippen LogP contribution in [0.2, 0.25) is 0 Å². The molecule has 0 amide bonds. The van der Waals surface area contributed by atoms with E-state index in [0.29, 0.717) is 0 Å². The fraction of sp³-hybridized carbons (Fsp3) is 0. The first-order chi connectivity index (χ1) is 13.4. The van der Waals surface area contributed by atoms with Crippen molar-refractivity contribution < 1.29 is 51.0 Å². The third-order valence-electron chi connectivity index (χ3n) is 5.00. The van der Waals surface area contributed by atoms with E-state index >= 15 is 0 Å². The molecular formula is C26H19Cl2PZr. The molecule has 0 N–H and O–H groups in total. The van der Waals surface area contributed by atoms with Crippen molar-refractivity contribution in [2.75, 3.05) is 0 Å². The van der Waals surface area contributed by atoms with Crippen LogP contribution in [0.3, 0.4) is 0 Å². The minimum atomic E-state index is -0.419. The predicted octanol–water partition coefficient (Wildman–Crippen LogP) is 2.25. The van der Waals surface area contributed by atoms with Crippen LogP contribution >= 0.6 is 7.53 Å². The van der Waals surface area contributed by atoms with Crippen LogP contribution in [-0.4, -0.2) is 0 Å². The van der Waals surface area contributed by atoms with Crippen LogP contribution in [0.1, 0.15) is 0 Å². The molecule has 1 heterocycles. The van der Waals surface area contributed by atoms with Crippen LogP contribution in [0.4, 0.5) is 0 Å². The molecule has 0 aliphatic carbocycles. The molecule has 0 radical (unpaired) electrons. The van der Waals surface area contributed by atoms with Crippen molar-refractivity contribution in [3.05, 3.63) is 115 Å². The molecule has 0 spiro atoms. The number of benzene rings is 3. The number of fused-ring (bicyclic) bond motifs is 4. The van der Waals surface area contributed by atoms with Gasteiger partial charge < -0.3 is 24.8 Å². The zero-order valence-corrected chi connectivity index (χ0v) is 21.0. The van der Waals surface area contributed by atoms with Crippen molar-refractivity contribution in [1.29, 1.82) is 0 Å². The molecule has 0 fully saturated rings. The molecule has 0 bridgehead atoms. The first-order valence-electron chi connectivity index (χ1n) is 9.22. The van der Waals surface area contributed by atoms with Crippen LogP contribution in [0.5, 0.6) is 0 Å². The first-order valence-corrected chi connectivity index (χ1v) is 10.6. The minimum absolute atomic E-state index is 0. The van der Waals surface area contributed by atoms with Gasteiger partial charge in [-0.25, -0.2) is 12.1 Å². The van der Waals surface area contributed by atoms with Crippen LogP contribution in [0.25, 0.3) is 37.1 Å². The van der Waals surface area contributed by atoms with Gasteiger partial charge in [-0.2, -0.15) is 24.3 Å². The Labute approximate surface area is 209 Å². The summed E-state index contributed by atoms with van der Waals surface area (Å²) in [6.07, 6.45) is 0. The Kier molecular flexibility index (Phi) is 9.15. The maximum absolute atomic E-state index is 2.37. The fourth-order valence-electron chi connectivity index (χ4n) is 3.78. The van der Waals surface area contributed by atoms with Gasteiger partial charge in [0.1, 0.15) is 0 Å². The summed E-state index contributed by atoms with van der Waals surface area (Å²) >= 11 is 0. The van der Waals surface area contributed by atoms with E-state index in [-0.39, 0.29) is 51.0 Å². The minimum Gasteiger partial charge on any atom is -1.00 e. The predicted molar refractivity (Wildman–Crippen MR) is 121 cm³/mol. The van der Waals surface area contributed by atoms with E-state index in [1.54, 1.807) is 0 Å². The van der Waals surface area contributed by atoms with Gasteiger partial charge in [-0.05, 0) is 10.8 Å². The van der Waals surface area contributed by atoms with Gasteiger partial charge in [-0.3, -0.25) is 0 Å². The third kappa shape index (κ3) is 4.66. The molecule has 1 aromatic heterocycles. The normalized spacial score (nSPS) is 9.87. The molecule has 0 saturated carbocycles. The molecule has 0 saturated heterocycles. The summed E-state index contributed by atoms with van der Waals surface area (Å²) in [5.41, 5.74) is 0. The van der Waals surface area contributed by atoms with E-state index in [2.05, 4.69) is 84.9 Å². The fourth-order valence-corrected chi connectivity index (χ4v) is 6.48. The van der Waals surface area contributed by atoms with Crippen molar-refractivity contribution in [3.63, 3.8) is 0 Å². The standard InChI is InChI=1S/C21H14P.C5H5.2ClH.Zr/c1-2-8-16-14-17(13-15(16)7-1)22-20-11-5-3-9-18(20)19-10-4-6-12-21(19)22;1-2-4-5-3-1;;;/h1-14H;1-5H;2*1H;/q2*-1;;;+4/p-2. The van der Waals surface area contributed by atoms with Gasteiger partial charge in [-0.1, -0.05) is 67.4 Å². The van der Waals surface area contributed by atoms with Crippen LogP contribution in [-0.2, 0) is 26.2 Å². The number of halogens is 2. The second-order valence-electron chi connectivity index (χ2n) is 6.67. The van der Waals surface area contributed by atoms with Crippen molar-refractivity contribution in [2.45, 2.75) is 0 Å². The third-order valence-corrected chi connectivity index (χ3v) is 7.51. The van der Waals surface area contributed by atoms with Crippen LogP contribution in [0, 0.1) is 0 Å². The van der Waals surface area contributed by atoms with Gasteiger partial charge in [0.15, 0.2) is 0 Å². The molecular weight excluding hydrogens is 505 g/mol. The zero-order chi connectivity index (χ0) is 18.1. The van der Waals surface area contributed by atoms with Crippen molar-refractivity contribution in [1.82, 2.24) is 0 Å². The molecule has 5 aromatic carbocycles. The van der Waals surface area contributed by atoms with Gasteiger partial charge in [0.25, 0.3) is 0 Å². The van der Waals surface area contributed by atoms with E-state index < -0.39 is 7.53 Å². The summed E-state index contributed by atoms with van der Waals surface area (Å²) in [4.78, 5) is 0. The molecule has 0 atom stereocenters. The zero-order valence-electron chi connectivity index (χ0n) is 16.2. The number of rotatable bonds is 1. The van der Waals surface area contributed by atoms with Gasteiger partial charge >= 0.3 is 26.2 Å². The summed E-state index contributed by atoms with van der Waals surface area (Å²) in [5.74, 6) is 0. The Balaban J connectivity index is 0.000000356. The topological polar surface area (TPSA) is 0 Å². The summed E-state index contributed by atoms with van der Waals surface area (Å²) in [7, 11) is -0.419. The molecule has 0 nitrogen and oxygen atoms in total. The van der Waals surface area contributed by atoms with Gasteiger partial charge in [-0.15, -0.1) is 35.0 Å². The first kappa shape index (κ1) is 24.7. The van der Waals surface area contributed by atoms with Gasteiger partial charge in [0.05, 0.1) is 0 Å². The average Bonchev–Trinajstić information content (AvgIpc) is 3.46. The molecule has 6 aromatic rings. The molecule has 4 heteroatoms. The Morgan fingerprint density at radius 2 is 1.13 bits per heavy atom. The van der Waals surface area contributed by atoms with E-state index in [1.165, 1.54) is 37.1 Å². The molecule has 0 aliphatic rings. The number of hydrogen-bond donors (Lipinski definition) is 0. The summed E-state index contributed by atoms with van der Waals surface area (Å²) in [6.45, 7) is 0. The van der Waals surface area contributed by atoms with Gasteiger partial charge in [0.2, 0.25) is 0 Å². The largest absolute Gasteiger partial charge is 4.00 e.